The van der Waals surface area contributed by atoms with Crippen LogP contribution in [0.15, 0.2) is 36.4 Å². The van der Waals surface area contributed by atoms with E-state index in [0.717, 1.165) is 37.8 Å². The maximum atomic E-state index is 13.3. The molecule has 0 bridgehead atoms. The smallest absolute Gasteiger partial charge is 0.251 e. The van der Waals surface area contributed by atoms with Crippen molar-refractivity contribution < 1.29 is 28.2 Å². The molecule has 2 aromatic rings. The standard InChI is InChI=1S/C22H27F2NO4/c1-3-4-5-6-11-29-20-10-8-16(13-21(20)28-2)22(27)25-14-19(26)15-7-9-17(23)18(24)12-15/h7-10,12-13,19,26H,3-6,11,14H2,1-2H3,(H,25,27). The van der Waals surface area contributed by atoms with Crippen molar-refractivity contribution >= 4 is 5.91 Å². The Kier molecular flexibility index (Phi) is 8.86. The minimum Gasteiger partial charge on any atom is -0.493 e. The molecule has 0 heterocycles. The van der Waals surface area contributed by atoms with Crippen molar-refractivity contribution in [1.82, 2.24) is 5.32 Å². The Balaban J connectivity index is 1.93. The summed E-state index contributed by atoms with van der Waals surface area (Å²) in [6, 6.07) is 7.93. The van der Waals surface area contributed by atoms with E-state index >= 15 is 0 Å². The lowest BCUT2D eigenvalue weighted by Crippen LogP contribution is -2.28. The van der Waals surface area contributed by atoms with E-state index in [2.05, 4.69) is 12.2 Å². The number of aliphatic hydroxyl groups is 1. The minimum absolute atomic E-state index is 0.151. The van der Waals surface area contributed by atoms with E-state index in [1.165, 1.54) is 13.2 Å². The van der Waals surface area contributed by atoms with Gasteiger partial charge >= 0.3 is 0 Å². The van der Waals surface area contributed by atoms with Gasteiger partial charge in [-0.25, -0.2) is 8.78 Å². The van der Waals surface area contributed by atoms with Crippen molar-refractivity contribution in [2.24, 2.45) is 0 Å². The molecule has 2 rings (SSSR count). The predicted molar refractivity (Wildman–Crippen MR) is 106 cm³/mol. The normalized spacial score (nSPS) is 11.8. The summed E-state index contributed by atoms with van der Waals surface area (Å²) in [6.07, 6.45) is 3.19. The summed E-state index contributed by atoms with van der Waals surface area (Å²) in [4.78, 5) is 12.4. The van der Waals surface area contributed by atoms with Crippen molar-refractivity contribution in [3.05, 3.63) is 59.2 Å². The van der Waals surface area contributed by atoms with Gasteiger partial charge in [-0.05, 0) is 42.3 Å². The molecule has 5 nitrogen and oxygen atoms in total. The highest BCUT2D eigenvalue weighted by atomic mass is 19.2. The number of unbranched alkanes of at least 4 members (excludes halogenated alkanes) is 3. The van der Waals surface area contributed by atoms with Crippen LogP contribution in [0.3, 0.4) is 0 Å². The van der Waals surface area contributed by atoms with E-state index < -0.39 is 23.6 Å². The average Bonchev–Trinajstić information content (AvgIpc) is 2.73. The molecule has 0 spiro atoms. The quantitative estimate of drug-likeness (QED) is 0.542. The number of benzene rings is 2. The Labute approximate surface area is 169 Å². The Morgan fingerprint density at radius 1 is 1.07 bits per heavy atom. The fourth-order valence-corrected chi connectivity index (χ4v) is 2.77. The van der Waals surface area contributed by atoms with Crippen LogP contribution in [0.4, 0.5) is 8.78 Å². The average molecular weight is 407 g/mol. The third-order valence-corrected chi connectivity index (χ3v) is 4.47. The Morgan fingerprint density at radius 3 is 2.55 bits per heavy atom. The van der Waals surface area contributed by atoms with Gasteiger partial charge in [0, 0.05) is 12.1 Å². The van der Waals surface area contributed by atoms with Gasteiger partial charge in [0.15, 0.2) is 23.1 Å². The Hall–Kier alpha value is -2.67. The van der Waals surface area contributed by atoms with Gasteiger partial charge in [0.2, 0.25) is 0 Å². The molecule has 2 N–H and O–H groups in total. The molecule has 0 aliphatic carbocycles. The van der Waals surface area contributed by atoms with Crippen LogP contribution < -0.4 is 14.8 Å². The van der Waals surface area contributed by atoms with Crippen LogP contribution in [-0.2, 0) is 0 Å². The summed E-state index contributed by atoms with van der Waals surface area (Å²) in [5.41, 5.74) is 0.506. The van der Waals surface area contributed by atoms with E-state index in [4.69, 9.17) is 9.47 Å². The number of ether oxygens (including phenoxy) is 2. The first-order chi connectivity index (χ1) is 14.0. The molecule has 0 aliphatic heterocycles. The highest BCUT2D eigenvalue weighted by Crippen LogP contribution is 2.28. The zero-order valence-corrected chi connectivity index (χ0v) is 16.7. The van der Waals surface area contributed by atoms with Crippen LogP contribution in [0, 0.1) is 11.6 Å². The van der Waals surface area contributed by atoms with E-state index in [1.807, 2.05) is 0 Å². The van der Waals surface area contributed by atoms with E-state index in [9.17, 15) is 18.7 Å². The monoisotopic (exact) mass is 407 g/mol. The van der Waals surface area contributed by atoms with Crippen LogP contribution >= 0.6 is 0 Å². The van der Waals surface area contributed by atoms with Crippen molar-refractivity contribution in [3.63, 3.8) is 0 Å². The van der Waals surface area contributed by atoms with Gasteiger partial charge in [-0.3, -0.25) is 4.79 Å². The van der Waals surface area contributed by atoms with Crippen LogP contribution in [0.5, 0.6) is 11.5 Å². The summed E-state index contributed by atoms with van der Waals surface area (Å²) in [7, 11) is 1.49. The number of rotatable bonds is 11. The maximum absolute atomic E-state index is 13.3. The largest absolute Gasteiger partial charge is 0.493 e. The lowest BCUT2D eigenvalue weighted by molar-refractivity contribution is 0.0915. The third-order valence-electron chi connectivity index (χ3n) is 4.47. The molecule has 0 aromatic heterocycles. The number of hydrogen-bond donors (Lipinski definition) is 2. The summed E-state index contributed by atoms with van der Waals surface area (Å²) in [5, 5.41) is 12.7. The number of amides is 1. The molecular formula is C22H27F2NO4. The summed E-state index contributed by atoms with van der Waals surface area (Å²) >= 11 is 0. The van der Waals surface area contributed by atoms with Gasteiger partial charge in [-0.1, -0.05) is 32.3 Å². The molecule has 1 atom stereocenters. The molecule has 29 heavy (non-hydrogen) atoms. The molecule has 158 valence electrons. The second-order valence-electron chi connectivity index (χ2n) is 6.67. The zero-order valence-electron chi connectivity index (χ0n) is 16.7. The van der Waals surface area contributed by atoms with Crippen molar-refractivity contribution in [2.45, 2.75) is 38.7 Å². The number of carbonyl (C=O) groups is 1. The van der Waals surface area contributed by atoms with Gasteiger partial charge in [0.05, 0.1) is 19.8 Å². The number of halogens is 2. The van der Waals surface area contributed by atoms with Gasteiger partial charge in [-0.2, -0.15) is 0 Å². The summed E-state index contributed by atoms with van der Waals surface area (Å²) in [5.74, 6) is -1.48. The highest BCUT2D eigenvalue weighted by molar-refractivity contribution is 5.94. The molecule has 0 aliphatic rings. The number of nitrogens with one attached hydrogen (secondary N) is 1. The lowest BCUT2D eigenvalue weighted by Gasteiger charge is -2.14. The van der Waals surface area contributed by atoms with Gasteiger partial charge in [0.1, 0.15) is 0 Å². The first-order valence-corrected chi connectivity index (χ1v) is 9.68. The molecule has 2 aromatic carbocycles. The first-order valence-electron chi connectivity index (χ1n) is 9.68. The van der Waals surface area contributed by atoms with Crippen LogP contribution in [0.1, 0.15) is 54.6 Å². The Morgan fingerprint density at radius 2 is 1.86 bits per heavy atom. The number of carbonyl (C=O) groups excluding carboxylic acids is 1. The topological polar surface area (TPSA) is 67.8 Å². The SMILES string of the molecule is CCCCCCOc1ccc(C(=O)NCC(O)c2ccc(F)c(F)c2)cc1OC. The molecular weight excluding hydrogens is 380 g/mol. The van der Waals surface area contributed by atoms with Crippen LogP contribution in [-0.4, -0.2) is 31.3 Å². The van der Waals surface area contributed by atoms with Crippen LogP contribution in [0.2, 0.25) is 0 Å². The molecule has 0 saturated heterocycles. The zero-order chi connectivity index (χ0) is 21.2. The van der Waals surface area contributed by atoms with Crippen molar-refractivity contribution in [1.29, 1.82) is 0 Å². The Bertz CT molecular complexity index is 813. The van der Waals surface area contributed by atoms with Crippen molar-refractivity contribution in [2.75, 3.05) is 20.3 Å². The maximum Gasteiger partial charge on any atom is 0.251 e. The molecule has 1 amide bonds. The van der Waals surface area contributed by atoms with Crippen LogP contribution in [0.25, 0.3) is 0 Å². The minimum atomic E-state index is -1.17. The fraction of sp³-hybridized carbons (Fsp3) is 0.409. The second-order valence-corrected chi connectivity index (χ2v) is 6.67. The van der Waals surface area contributed by atoms with E-state index in [1.54, 1.807) is 18.2 Å². The van der Waals surface area contributed by atoms with E-state index in [0.29, 0.717) is 23.7 Å². The molecule has 7 heteroatoms. The highest BCUT2D eigenvalue weighted by Gasteiger charge is 2.15. The molecule has 0 saturated carbocycles. The third kappa shape index (κ3) is 6.71. The van der Waals surface area contributed by atoms with Gasteiger partial charge < -0.3 is 19.9 Å². The first kappa shape index (κ1) is 22.6. The molecule has 1 unspecified atom stereocenters. The summed E-state index contributed by atoms with van der Waals surface area (Å²) < 4.78 is 37.3. The number of hydrogen-bond acceptors (Lipinski definition) is 4. The van der Waals surface area contributed by atoms with E-state index in [-0.39, 0.29) is 12.1 Å². The molecule has 0 fully saturated rings. The molecule has 0 radical (unpaired) electrons. The number of methoxy groups -OCH3 is 1. The van der Waals surface area contributed by atoms with Crippen molar-refractivity contribution in [3.8, 4) is 11.5 Å². The fourth-order valence-electron chi connectivity index (χ4n) is 2.77. The van der Waals surface area contributed by atoms with Gasteiger partial charge in [0.25, 0.3) is 5.91 Å². The van der Waals surface area contributed by atoms with Gasteiger partial charge in [-0.15, -0.1) is 0 Å². The predicted octanol–water partition coefficient (Wildman–Crippen LogP) is 4.40. The second kappa shape index (κ2) is 11.4. The summed E-state index contributed by atoms with van der Waals surface area (Å²) in [6.45, 7) is 2.56. The number of aliphatic hydroxyl groups excluding tert-OH is 1. The lowest BCUT2D eigenvalue weighted by atomic mass is 10.1.